The Hall–Kier alpha value is -1.92. The van der Waals surface area contributed by atoms with Crippen molar-refractivity contribution < 1.29 is 0 Å². The van der Waals surface area contributed by atoms with Gasteiger partial charge in [0.25, 0.3) is 0 Å². The van der Waals surface area contributed by atoms with Gasteiger partial charge in [-0.25, -0.2) is 9.98 Å². The lowest BCUT2D eigenvalue weighted by atomic mass is 10.0. The van der Waals surface area contributed by atoms with Crippen molar-refractivity contribution in [2.75, 3.05) is 19.6 Å². The molecule has 2 aromatic rings. The number of aromatic nitrogens is 1. The Bertz CT molecular complexity index is 762. The number of aryl methyl sites for hydroxylation is 2. The average Bonchev–Trinajstić information content (AvgIpc) is 3.16. The molecule has 0 bridgehead atoms. The molecule has 152 valence electrons. The van der Waals surface area contributed by atoms with E-state index in [1.54, 1.807) is 11.3 Å². The minimum atomic E-state index is 0.480. The highest BCUT2D eigenvalue weighted by atomic mass is 32.1. The minimum absolute atomic E-state index is 0.480. The molecule has 0 unspecified atom stereocenters. The molecule has 5 nitrogen and oxygen atoms in total. The smallest absolute Gasteiger partial charge is 0.191 e. The van der Waals surface area contributed by atoms with E-state index >= 15 is 0 Å². The first-order chi connectivity index (χ1) is 13.7. The SMILES string of the molecule is CCNC(=NCc1csc(CC)n1)NC1CCN(Cc2cccc(C)c2)CC1. The predicted molar refractivity (Wildman–Crippen MR) is 119 cm³/mol. The number of nitrogens with zero attached hydrogens (tertiary/aromatic N) is 3. The predicted octanol–water partition coefficient (Wildman–Crippen LogP) is 3.73. The van der Waals surface area contributed by atoms with Crippen LogP contribution in [0.25, 0.3) is 0 Å². The summed E-state index contributed by atoms with van der Waals surface area (Å²) in [5.41, 5.74) is 3.81. The van der Waals surface area contributed by atoms with Gasteiger partial charge in [0, 0.05) is 37.6 Å². The molecule has 1 aliphatic rings. The summed E-state index contributed by atoms with van der Waals surface area (Å²) < 4.78 is 0. The second-order valence-electron chi connectivity index (χ2n) is 7.47. The monoisotopic (exact) mass is 399 g/mol. The molecule has 1 saturated heterocycles. The van der Waals surface area contributed by atoms with Crippen molar-refractivity contribution in [2.45, 2.75) is 59.2 Å². The quantitative estimate of drug-likeness (QED) is 0.550. The first kappa shape index (κ1) is 20.8. The summed E-state index contributed by atoms with van der Waals surface area (Å²) in [5.74, 6) is 0.908. The van der Waals surface area contributed by atoms with Crippen LogP contribution >= 0.6 is 11.3 Å². The number of guanidine groups is 1. The van der Waals surface area contributed by atoms with E-state index in [4.69, 9.17) is 4.99 Å². The zero-order chi connectivity index (χ0) is 19.8. The summed E-state index contributed by atoms with van der Waals surface area (Å²) in [6, 6.07) is 9.33. The fourth-order valence-corrected chi connectivity index (χ4v) is 4.30. The average molecular weight is 400 g/mol. The number of rotatable bonds is 7. The van der Waals surface area contributed by atoms with Crippen molar-refractivity contribution in [1.29, 1.82) is 0 Å². The van der Waals surface area contributed by atoms with Gasteiger partial charge in [0.2, 0.25) is 0 Å². The molecule has 0 atom stereocenters. The van der Waals surface area contributed by atoms with Crippen LogP contribution in [-0.4, -0.2) is 41.5 Å². The van der Waals surface area contributed by atoms with Crippen LogP contribution in [-0.2, 0) is 19.5 Å². The van der Waals surface area contributed by atoms with Gasteiger partial charge in [-0.1, -0.05) is 36.8 Å². The van der Waals surface area contributed by atoms with Gasteiger partial charge < -0.3 is 10.6 Å². The normalized spacial score (nSPS) is 16.3. The lowest BCUT2D eigenvalue weighted by Crippen LogP contribution is -2.48. The van der Waals surface area contributed by atoms with Crippen molar-refractivity contribution in [3.05, 3.63) is 51.5 Å². The number of likely N-dealkylation sites (tertiary alicyclic amines) is 1. The molecule has 28 heavy (non-hydrogen) atoms. The largest absolute Gasteiger partial charge is 0.357 e. The minimum Gasteiger partial charge on any atom is -0.357 e. The Kier molecular flexibility index (Phi) is 7.86. The molecule has 1 aliphatic heterocycles. The molecule has 1 fully saturated rings. The van der Waals surface area contributed by atoms with Gasteiger partial charge in [0.05, 0.1) is 17.2 Å². The van der Waals surface area contributed by atoms with Crippen LogP contribution in [0.1, 0.15) is 48.5 Å². The van der Waals surface area contributed by atoms with E-state index in [0.717, 1.165) is 57.1 Å². The summed E-state index contributed by atoms with van der Waals surface area (Å²) in [6.45, 7) is 11.2. The van der Waals surface area contributed by atoms with E-state index in [2.05, 4.69) is 70.9 Å². The Morgan fingerprint density at radius 1 is 1.29 bits per heavy atom. The fraction of sp³-hybridized carbons (Fsp3) is 0.545. The molecule has 1 aromatic carbocycles. The second kappa shape index (κ2) is 10.6. The molecule has 0 saturated carbocycles. The number of piperidine rings is 1. The molecule has 3 rings (SSSR count). The molecule has 2 N–H and O–H groups in total. The third-order valence-corrected chi connectivity index (χ3v) is 6.10. The molecule has 0 radical (unpaired) electrons. The van der Waals surface area contributed by atoms with Crippen molar-refractivity contribution in [1.82, 2.24) is 20.5 Å². The van der Waals surface area contributed by atoms with Crippen LogP contribution in [0.4, 0.5) is 0 Å². The Morgan fingerprint density at radius 3 is 2.79 bits per heavy atom. The zero-order valence-corrected chi connectivity index (χ0v) is 18.2. The molecular formula is C22H33N5S. The molecule has 2 heterocycles. The second-order valence-corrected chi connectivity index (χ2v) is 8.41. The standard InChI is InChI=1S/C22H33N5S/c1-4-21-25-20(16-28-21)14-24-22(23-5-2)26-19-9-11-27(12-10-19)15-18-8-6-7-17(3)13-18/h6-8,13,16,19H,4-5,9-12,14-15H2,1-3H3,(H2,23,24,26). The van der Waals surface area contributed by atoms with Crippen LogP contribution in [0.15, 0.2) is 34.6 Å². The molecule has 6 heteroatoms. The first-order valence-electron chi connectivity index (χ1n) is 10.4. The molecular weight excluding hydrogens is 366 g/mol. The summed E-state index contributed by atoms with van der Waals surface area (Å²) >= 11 is 1.73. The van der Waals surface area contributed by atoms with E-state index in [1.165, 1.54) is 16.1 Å². The third-order valence-electron chi connectivity index (χ3n) is 5.06. The number of thiazole rings is 1. The van der Waals surface area contributed by atoms with Crippen LogP contribution < -0.4 is 10.6 Å². The van der Waals surface area contributed by atoms with Crippen molar-refractivity contribution in [3.8, 4) is 0 Å². The fourth-order valence-electron chi connectivity index (χ4n) is 3.56. The van der Waals surface area contributed by atoms with Gasteiger partial charge in [-0.3, -0.25) is 4.90 Å². The van der Waals surface area contributed by atoms with Gasteiger partial charge >= 0.3 is 0 Å². The maximum absolute atomic E-state index is 4.75. The van der Waals surface area contributed by atoms with E-state index in [0.29, 0.717) is 12.6 Å². The molecule has 1 aromatic heterocycles. The Morgan fingerprint density at radius 2 is 2.11 bits per heavy atom. The maximum Gasteiger partial charge on any atom is 0.191 e. The van der Waals surface area contributed by atoms with Gasteiger partial charge in [-0.05, 0) is 38.7 Å². The molecule has 0 spiro atoms. The number of nitrogens with one attached hydrogen (secondary N) is 2. The van der Waals surface area contributed by atoms with E-state index in [-0.39, 0.29) is 0 Å². The van der Waals surface area contributed by atoms with Crippen LogP contribution in [0.3, 0.4) is 0 Å². The lowest BCUT2D eigenvalue weighted by Gasteiger charge is -2.33. The number of hydrogen-bond acceptors (Lipinski definition) is 4. The van der Waals surface area contributed by atoms with Gasteiger partial charge in [-0.15, -0.1) is 11.3 Å². The number of aliphatic imine (C=N–C) groups is 1. The first-order valence-corrected chi connectivity index (χ1v) is 11.3. The molecule has 0 aliphatic carbocycles. The van der Waals surface area contributed by atoms with Gasteiger partial charge in [0.1, 0.15) is 0 Å². The number of hydrogen-bond donors (Lipinski definition) is 2. The molecule has 0 amide bonds. The highest BCUT2D eigenvalue weighted by Gasteiger charge is 2.20. The lowest BCUT2D eigenvalue weighted by molar-refractivity contribution is 0.198. The van der Waals surface area contributed by atoms with Crippen LogP contribution in [0.5, 0.6) is 0 Å². The van der Waals surface area contributed by atoms with E-state index < -0.39 is 0 Å². The topological polar surface area (TPSA) is 52.6 Å². The highest BCUT2D eigenvalue weighted by molar-refractivity contribution is 7.09. The summed E-state index contributed by atoms with van der Waals surface area (Å²) in [7, 11) is 0. The maximum atomic E-state index is 4.75. The van der Waals surface area contributed by atoms with Crippen molar-refractivity contribution in [2.24, 2.45) is 4.99 Å². The summed E-state index contributed by atoms with van der Waals surface area (Å²) in [5, 5.41) is 10.3. The van der Waals surface area contributed by atoms with Crippen molar-refractivity contribution >= 4 is 17.3 Å². The van der Waals surface area contributed by atoms with Gasteiger partial charge in [0.15, 0.2) is 5.96 Å². The highest BCUT2D eigenvalue weighted by Crippen LogP contribution is 2.15. The Labute approximate surface area is 173 Å². The summed E-state index contributed by atoms with van der Waals surface area (Å²) in [4.78, 5) is 11.9. The van der Waals surface area contributed by atoms with Crippen molar-refractivity contribution in [3.63, 3.8) is 0 Å². The summed E-state index contributed by atoms with van der Waals surface area (Å²) in [6.07, 6.45) is 3.29. The zero-order valence-electron chi connectivity index (χ0n) is 17.4. The van der Waals surface area contributed by atoms with E-state index in [1.807, 2.05) is 0 Å². The van der Waals surface area contributed by atoms with E-state index in [9.17, 15) is 0 Å². The third kappa shape index (κ3) is 6.31. The van der Waals surface area contributed by atoms with Crippen LogP contribution in [0.2, 0.25) is 0 Å². The number of benzene rings is 1. The van der Waals surface area contributed by atoms with Gasteiger partial charge in [-0.2, -0.15) is 0 Å². The Balaban J connectivity index is 1.48. The van der Waals surface area contributed by atoms with Crippen LogP contribution in [0, 0.1) is 6.92 Å².